The van der Waals surface area contributed by atoms with E-state index >= 15 is 0 Å². The van der Waals surface area contributed by atoms with Crippen molar-refractivity contribution < 1.29 is 9.84 Å². The lowest BCUT2D eigenvalue weighted by atomic mass is 10.0. The van der Waals surface area contributed by atoms with Gasteiger partial charge in [0.05, 0.1) is 13.7 Å². The Morgan fingerprint density at radius 2 is 2.00 bits per heavy atom. The summed E-state index contributed by atoms with van der Waals surface area (Å²) in [7, 11) is 1.64. The summed E-state index contributed by atoms with van der Waals surface area (Å²) in [6, 6.07) is 6.50. The molecule has 0 spiro atoms. The number of benzene rings is 1. The molecule has 2 aliphatic rings. The fourth-order valence-corrected chi connectivity index (χ4v) is 3.15. The number of rotatable bonds is 6. The molecule has 0 atom stereocenters. The van der Waals surface area contributed by atoms with Gasteiger partial charge in [-0.2, -0.15) is 0 Å². The van der Waals surface area contributed by atoms with Crippen LogP contribution in [-0.2, 0) is 6.61 Å². The quantitative estimate of drug-likeness (QED) is 0.845. The first kappa shape index (κ1) is 14.7. The number of aliphatic hydroxyl groups is 1. The second-order valence-corrected chi connectivity index (χ2v) is 6.35. The Bertz CT molecular complexity index is 466. The van der Waals surface area contributed by atoms with Gasteiger partial charge < -0.3 is 20.1 Å². The van der Waals surface area contributed by atoms with Gasteiger partial charge in [0.15, 0.2) is 0 Å². The van der Waals surface area contributed by atoms with Gasteiger partial charge >= 0.3 is 0 Å². The Hall–Kier alpha value is -1.26. The van der Waals surface area contributed by atoms with E-state index in [1.165, 1.54) is 45.3 Å². The molecule has 4 heteroatoms. The van der Waals surface area contributed by atoms with Gasteiger partial charge in [-0.1, -0.05) is 0 Å². The Labute approximate surface area is 127 Å². The van der Waals surface area contributed by atoms with Crippen LogP contribution in [0, 0.1) is 5.92 Å². The molecule has 2 fully saturated rings. The maximum atomic E-state index is 9.39. The Kier molecular flexibility index (Phi) is 4.66. The van der Waals surface area contributed by atoms with Crippen LogP contribution in [0.15, 0.2) is 18.2 Å². The van der Waals surface area contributed by atoms with Crippen molar-refractivity contribution in [3.05, 3.63) is 23.8 Å². The number of methoxy groups -OCH3 is 1. The number of likely N-dealkylation sites (tertiary alicyclic amines) is 1. The number of nitrogens with one attached hydrogen (secondary N) is 1. The van der Waals surface area contributed by atoms with Crippen molar-refractivity contribution >= 4 is 5.69 Å². The summed E-state index contributed by atoms with van der Waals surface area (Å²) < 4.78 is 5.24. The van der Waals surface area contributed by atoms with E-state index in [1.54, 1.807) is 7.11 Å². The van der Waals surface area contributed by atoms with Gasteiger partial charge in [0, 0.05) is 36.9 Å². The van der Waals surface area contributed by atoms with Crippen molar-refractivity contribution in [1.29, 1.82) is 0 Å². The molecule has 1 aliphatic carbocycles. The minimum absolute atomic E-state index is 0.0124. The highest BCUT2D eigenvalue weighted by molar-refractivity contribution is 5.51. The molecule has 1 saturated heterocycles. The highest BCUT2D eigenvalue weighted by atomic mass is 16.5. The largest absolute Gasteiger partial charge is 0.496 e. The van der Waals surface area contributed by atoms with Gasteiger partial charge in [-0.3, -0.25) is 0 Å². The van der Waals surface area contributed by atoms with Gasteiger partial charge in [0.2, 0.25) is 0 Å². The molecule has 1 aliphatic heterocycles. The van der Waals surface area contributed by atoms with Crippen LogP contribution in [0.3, 0.4) is 0 Å². The zero-order valence-corrected chi connectivity index (χ0v) is 12.8. The number of nitrogens with zero attached hydrogens (tertiary/aromatic N) is 1. The summed E-state index contributed by atoms with van der Waals surface area (Å²) in [5.74, 6) is 1.74. The zero-order valence-electron chi connectivity index (χ0n) is 12.8. The molecule has 2 N–H and O–H groups in total. The normalized spacial score (nSPS) is 20.5. The average Bonchev–Trinajstić information content (AvgIpc) is 3.33. The van der Waals surface area contributed by atoms with Crippen LogP contribution in [0.4, 0.5) is 5.69 Å². The minimum Gasteiger partial charge on any atom is -0.496 e. The van der Waals surface area contributed by atoms with E-state index in [4.69, 9.17) is 4.74 Å². The van der Waals surface area contributed by atoms with Crippen LogP contribution < -0.4 is 10.1 Å². The molecule has 1 aromatic rings. The number of piperidine rings is 1. The van der Waals surface area contributed by atoms with Crippen LogP contribution in [0.2, 0.25) is 0 Å². The molecule has 0 unspecified atom stereocenters. The number of anilines is 1. The monoisotopic (exact) mass is 290 g/mol. The summed E-state index contributed by atoms with van der Waals surface area (Å²) in [4.78, 5) is 2.61. The fraction of sp³-hybridized carbons (Fsp3) is 0.647. The van der Waals surface area contributed by atoms with Crippen LogP contribution in [0.5, 0.6) is 5.75 Å². The highest BCUT2D eigenvalue weighted by Crippen LogP contribution is 2.31. The number of ether oxygens (including phenoxy) is 1. The third kappa shape index (κ3) is 3.89. The summed E-state index contributed by atoms with van der Waals surface area (Å²) in [6.45, 7) is 3.73. The number of aliphatic hydroxyl groups excluding tert-OH is 1. The van der Waals surface area contributed by atoms with E-state index in [2.05, 4.69) is 10.2 Å². The Morgan fingerprint density at radius 3 is 2.62 bits per heavy atom. The van der Waals surface area contributed by atoms with Crippen molar-refractivity contribution in [2.75, 3.05) is 32.1 Å². The van der Waals surface area contributed by atoms with Crippen molar-refractivity contribution in [3.8, 4) is 5.75 Å². The van der Waals surface area contributed by atoms with Crippen molar-refractivity contribution in [2.45, 2.75) is 38.3 Å². The second-order valence-electron chi connectivity index (χ2n) is 6.35. The minimum atomic E-state index is 0.0124. The summed E-state index contributed by atoms with van der Waals surface area (Å²) in [5.41, 5.74) is 1.93. The molecular formula is C17H26N2O2. The van der Waals surface area contributed by atoms with Crippen molar-refractivity contribution in [2.24, 2.45) is 5.92 Å². The molecule has 0 radical (unpaired) electrons. The topological polar surface area (TPSA) is 44.7 Å². The average molecular weight is 290 g/mol. The number of hydrogen-bond donors (Lipinski definition) is 2. The zero-order chi connectivity index (χ0) is 14.7. The Morgan fingerprint density at radius 1 is 1.24 bits per heavy atom. The molecule has 0 bridgehead atoms. The molecule has 3 rings (SSSR count). The molecular weight excluding hydrogens is 264 g/mol. The first-order chi connectivity index (χ1) is 10.3. The predicted molar refractivity (Wildman–Crippen MR) is 84.7 cm³/mol. The fourth-order valence-electron chi connectivity index (χ4n) is 3.15. The van der Waals surface area contributed by atoms with Gasteiger partial charge in [-0.05, 0) is 49.8 Å². The van der Waals surface area contributed by atoms with E-state index in [-0.39, 0.29) is 6.61 Å². The first-order valence-electron chi connectivity index (χ1n) is 8.05. The molecule has 1 saturated carbocycles. The second kappa shape index (κ2) is 6.67. The Balaban J connectivity index is 1.52. The van der Waals surface area contributed by atoms with Gasteiger partial charge in [0.25, 0.3) is 0 Å². The molecule has 116 valence electrons. The lowest BCUT2D eigenvalue weighted by Gasteiger charge is -2.33. The molecule has 1 heterocycles. The number of hydrogen-bond acceptors (Lipinski definition) is 4. The van der Waals surface area contributed by atoms with E-state index in [1.807, 2.05) is 18.2 Å². The lowest BCUT2D eigenvalue weighted by molar-refractivity contribution is 0.211. The SMILES string of the molecule is COc1ccc(NC2CCN(CC3CC3)CC2)cc1CO. The lowest BCUT2D eigenvalue weighted by Crippen LogP contribution is -2.40. The first-order valence-corrected chi connectivity index (χ1v) is 8.05. The highest BCUT2D eigenvalue weighted by Gasteiger charge is 2.27. The molecule has 21 heavy (non-hydrogen) atoms. The molecule has 1 aromatic carbocycles. The van der Waals surface area contributed by atoms with Crippen molar-refractivity contribution in [1.82, 2.24) is 4.90 Å². The van der Waals surface area contributed by atoms with Crippen molar-refractivity contribution in [3.63, 3.8) is 0 Å². The van der Waals surface area contributed by atoms with Crippen LogP contribution >= 0.6 is 0 Å². The van der Waals surface area contributed by atoms with E-state index in [0.717, 1.165) is 22.9 Å². The van der Waals surface area contributed by atoms with Gasteiger partial charge in [-0.15, -0.1) is 0 Å². The predicted octanol–water partition coefficient (Wildman–Crippen LogP) is 2.47. The van der Waals surface area contributed by atoms with E-state index in [0.29, 0.717) is 6.04 Å². The summed E-state index contributed by atoms with van der Waals surface area (Å²) >= 11 is 0. The van der Waals surface area contributed by atoms with Crippen LogP contribution in [0.1, 0.15) is 31.2 Å². The van der Waals surface area contributed by atoms with Crippen LogP contribution in [0.25, 0.3) is 0 Å². The molecule has 0 amide bonds. The smallest absolute Gasteiger partial charge is 0.124 e. The molecule has 4 nitrogen and oxygen atoms in total. The van der Waals surface area contributed by atoms with Gasteiger partial charge in [-0.25, -0.2) is 0 Å². The summed E-state index contributed by atoms with van der Waals surface area (Å²) in [5, 5.41) is 13.0. The summed E-state index contributed by atoms with van der Waals surface area (Å²) in [6.07, 6.45) is 5.28. The van der Waals surface area contributed by atoms with E-state index in [9.17, 15) is 5.11 Å². The standard InChI is InChI=1S/C17H26N2O2/c1-21-17-5-4-16(10-14(17)12-20)18-15-6-8-19(9-7-15)11-13-2-3-13/h4-5,10,13,15,18,20H,2-3,6-9,11-12H2,1H3. The van der Waals surface area contributed by atoms with E-state index < -0.39 is 0 Å². The van der Waals surface area contributed by atoms with Gasteiger partial charge in [0.1, 0.15) is 5.75 Å². The third-order valence-corrected chi connectivity index (χ3v) is 4.62. The third-order valence-electron chi connectivity index (χ3n) is 4.62. The van der Waals surface area contributed by atoms with Crippen LogP contribution in [-0.4, -0.2) is 42.8 Å². The maximum Gasteiger partial charge on any atom is 0.124 e. The maximum absolute atomic E-state index is 9.39. The molecule has 0 aromatic heterocycles.